The molecule has 2 aromatic carbocycles. The Morgan fingerprint density at radius 2 is 1.85 bits per heavy atom. The molecule has 3 unspecified atom stereocenters. The quantitative estimate of drug-likeness (QED) is 0.474. The van der Waals surface area contributed by atoms with Crippen LogP contribution in [-0.2, 0) is 9.53 Å². The molecule has 3 aromatic rings. The minimum absolute atomic E-state index is 0.00613. The molecule has 0 radical (unpaired) electrons. The van der Waals surface area contributed by atoms with Gasteiger partial charge in [-0.3, -0.25) is 4.79 Å². The number of anilines is 1. The summed E-state index contributed by atoms with van der Waals surface area (Å²) in [5, 5.41) is 4.08. The predicted octanol–water partition coefficient (Wildman–Crippen LogP) is 5.28. The van der Waals surface area contributed by atoms with Crippen LogP contribution < -0.4 is 9.64 Å². The highest BCUT2D eigenvalue weighted by Gasteiger charge is 2.44. The largest absolute Gasteiger partial charge is 0.495 e. The topological polar surface area (TPSA) is 64.8 Å². The third-order valence-electron chi connectivity index (χ3n) is 6.76. The molecule has 1 fully saturated rings. The molecule has 4 rings (SSSR count). The van der Waals surface area contributed by atoms with Crippen LogP contribution >= 0.6 is 0 Å². The summed E-state index contributed by atoms with van der Waals surface area (Å²) in [6.07, 6.45) is 1.48. The maximum Gasteiger partial charge on any atom is 0.309 e. The lowest BCUT2D eigenvalue weighted by Gasteiger charge is -2.34. The summed E-state index contributed by atoms with van der Waals surface area (Å²) in [7, 11) is 5.07. The molecular weight excluding hydrogens is 423 g/mol. The molecule has 0 amide bonds. The Morgan fingerprint density at radius 1 is 1.12 bits per heavy atom. The van der Waals surface area contributed by atoms with E-state index in [1.807, 2.05) is 33.0 Å². The van der Waals surface area contributed by atoms with Gasteiger partial charge in [-0.15, -0.1) is 0 Å². The van der Waals surface area contributed by atoms with Gasteiger partial charge in [-0.05, 0) is 62.1 Å². The Hall–Kier alpha value is -3.35. The van der Waals surface area contributed by atoms with E-state index in [0.717, 1.165) is 46.0 Å². The molecule has 1 saturated carbocycles. The van der Waals surface area contributed by atoms with Gasteiger partial charge in [-0.2, -0.15) is 0 Å². The van der Waals surface area contributed by atoms with Crippen molar-refractivity contribution in [2.45, 2.75) is 38.6 Å². The van der Waals surface area contributed by atoms with E-state index < -0.39 is 0 Å². The molecule has 33 heavy (non-hydrogen) atoms. The van der Waals surface area contributed by atoms with Crippen molar-refractivity contribution in [2.24, 2.45) is 5.92 Å². The number of halogens is 1. The Bertz CT molecular complexity index is 1120. The first-order valence-corrected chi connectivity index (χ1v) is 11.0. The Kier molecular flexibility index (Phi) is 6.40. The van der Waals surface area contributed by atoms with Gasteiger partial charge >= 0.3 is 5.97 Å². The first-order valence-electron chi connectivity index (χ1n) is 11.0. The zero-order valence-corrected chi connectivity index (χ0v) is 19.6. The number of hydrogen-bond donors (Lipinski definition) is 0. The van der Waals surface area contributed by atoms with E-state index in [1.165, 1.54) is 19.2 Å². The van der Waals surface area contributed by atoms with E-state index in [4.69, 9.17) is 14.0 Å². The molecule has 0 aliphatic heterocycles. The third-order valence-corrected chi connectivity index (χ3v) is 6.76. The van der Waals surface area contributed by atoms with Gasteiger partial charge in [-0.1, -0.05) is 23.4 Å². The lowest BCUT2D eigenvalue weighted by Crippen LogP contribution is -2.36. The van der Waals surface area contributed by atoms with Crippen molar-refractivity contribution in [3.8, 4) is 16.9 Å². The van der Waals surface area contributed by atoms with Gasteiger partial charge in [0.2, 0.25) is 0 Å². The first-order chi connectivity index (χ1) is 15.8. The lowest BCUT2D eigenvalue weighted by molar-refractivity contribution is -0.145. The number of aryl methyl sites for hydroxylation is 2. The number of likely N-dealkylation sites (N-methyl/N-ethyl adjacent to an activating group) is 1. The standard InChI is InChI=1S/C26H29FN2O4/c1-15-24(16(2)33-28-15)18-8-13-23(31-4)22(14-18)29(3)21-12-11-20(26(30)32-5)25(21)17-6-9-19(27)10-7-17/h6-10,13-14,20-21,25H,11-12H2,1-5H3. The second kappa shape index (κ2) is 9.25. The smallest absolute Gasteiger partial charge is 0.309 e. The Morgan fingerprint density at radius 3 is 2.45 bits per heavy atom. The first kappa shape index (κ1) is 22.8. The van der Waals surface area contributed by atoms with Gasteiger partial charge in [-0.25, -0.2) is 4.39 Å². The number of benzene rings is 2. The normalized spacial score (nSPS) is 20.0. The van der Waals surface area contributed by atoms with E-state index >= 15 is 0 Å². The Labute approximate surface area is 193 Å². The molecule has 174 valence electrons. The maximum atomic E-state index is 13.6. The number of nitrogens with zero attached hydrogens (tertiary/aromatic N) is 2. The summed E-state index contributed by atoms with van der Waals surface area (Å²) in [5.74, 6) is 0.497. The predicted molar refractivity (Wildman–Crippen MR) is 124 cm³/mol. The van der Waals surface area contributed by atoms with Gasteiger partial charge in [0, 0.05) is 24.6 Å². The van der Waals surface area contributed by atoms with E-state index in [1.54, 1.807) is 19.2 Å². The van der Waals surface area contributed by atoms with Crippen LogP contribution in [0.5, 0.6) is 5.75 Å². The fourth-order valence-electron chi connectivity index (χ4n) is 5.16. The highest BCUT2D eigenvalue weighted by Crippen LogP contribution is 2.46. The molecule has 6 nitrogen and oxygen atoms in total. The molecule has 0 N–H and O–H groups in total. The molecular formula is C26H29FN2O4. The van der Waals surface area contributed by atoms with Crippen LogP contribution in [-0.4, -0.2) is 38.4 Å². The van der Waals surface area contributed by atoms with Gasteiger partial charge in [0.05, 0.1) is 31.5 Å². The van der Waals surface area contributed by atoms with E-state index in [9.17, 15) is 9.18 Å². The van der Waals surface area contributed by atoms with Crippen molar-refractivity contribution in [2.75, 3.05) is 26.2 Å². The zero-order chi connectivity index (χ0) is 23.7. The number of rotatable bonds is 6. The number of aromatic nitrogens is 1. The fourth-order valence-corrected chi connectivity index (χ4v) is 5.16. The average Bonchev–Trinajstić information content (AvgIpc) is 3.41. The Balaban J connectivity index is 1.76. The molecule has 0 spiro atoms. The number of ether oxygens (including phenoxy) is 2. The van der Waals surface area contributed by atoms with Crippen molar-refractivity contribution in [1.82, 2.24) is 5.16 Å². The third kappa shape index (κ3) is 4.19. The maximum absolute atomic E-state index is 13.6. The monoisotopic (exact) mass is 452 g/mol. The average molecular weight is 453 g/mol. The van der Waals surface area contributed by atoms with Gasteiger partial charge in [0.15, 0.2) is 0 Å². The molecule has 1 aromatic heterocycles. The number of esters is 1. The van der Waals surface area contributed by atoms with E-state index in [2.05, 4.69) is 16.1 Å². The van der Waals surface area contributed by atoms with Crippen LogP contribution in [0.25, 0.3) is 11.1 Å². The van der Waals surface area contributed by atoms with E-state index in [0.29, 0.717) is 6.42 Å². The minimum Gasteiger partial charge on any atom is -0.495 e. The fraction of sp³-hybridized carbons (Fsp3) is 0.385. The molecule has 1 aliphatic rings. The molecule has 1 heterocycles. The second-order valence-electron chi connectivity index (χ2n) is 8.55. The summed E-state index contributed by atoms with van der Waals surface area (Å²) in [5.41, 5.74) is 4.58. The molecule has 3 atom stereocenters. The van der Waals surface area contributed by atoms with Crippen LogP contribution in [0.4, 0.5) is 10.1 Å². The summed E-state index contributed by atoms with van der Waals surface area (Å²) < 4.78 is 29.8. The number of carbonyl (C=O) groups is 1. The van der Waals surface area contributed by atoms with Crippen LogP contribution in [0.1, 0.15) is 35.8 Å². The number of carbonyl (C=O) groups excluding carboxylic acids is 1. The number of hydrogen-bond acceptors (Lipinski definition) is 6. The van der Waals surface area contributed by atoms with Gasteiger partial charge in [0.1, 0.15) is 17.3 Å². The SMILES string of the molecule is COC(=O)C1CCC(N(C)c2cc(-c3c(C)noc3C)ccc2OC)C1c1ccc(F)cc1. The van der Waals surface area contributed by atoms with E-state index in [-0.39, 0.29) is 29.7 Å². The molecule has 0 saturated heterocycles. The van der Waals surface area contributed by atoms with Crippen LogP contribution in [0.2, 0.25) is 0 Å². The van der Waals surface area contributed by atoms with Crippen LogP contribution in [0.15, 0.2) is 47.0 Å². The van der Waals surface area contributed by atoms with Crippen molar-refractivity contribution in [1.29, 1.82) is 0 Å². The van der Waals surface area contributed by atoms with Crippen molar-refractivity contribution >= 4 is 11.7 Å². The number of methoxy groups -OCH3 is 2. The molecule has 7 heteroatoms. The minimum atomic E-state index is -0.301. The van der Waals surface area contributed by atoms with Gasteiger partial charge in [0.25, 0.3) is 0 Å². The summed E-state index contributed by atoms with van der Waals surface area (Å²) in [6.45, 7) is 3.81. The second-order valence-corrected chi connectivity index (χ2v) is 8.55. The van der Waals surface area contributed by atoms with Crippen molar-refractivity contribution < 1.29 is 23.2 Å². The van der Waals surface area contributed by atoms with Crippen molar-refractivity contribution in [3.05, 3.63) is 65.3 Å². The zero-order valence-electron chi connectivity index (χ0n) is 19.6. The molecule has 0 bridgehead atoms. The summed E-state index contributed by atoms with van der Waals surface area (Å²) in [6, 6.07) is 12.4. The van der Waals surface area contributed by atoms with Crippen LogP contribution in [0.3, 0.4) is 0 Å². The van der Waals surface area contributed by atoms with Crippen LogP contribution in [0, 0.1) is 25.6 Å². The van der Waals surface area contributed by atoms with Crippen molar-refractivity contribution in [3.63, 3.8) is 0 Å². The molecule has 1 aliphatic carbocycles. The van der Waals surface area contributed by atoms with Gasteiger partial charge < -0.3 is 18.9 Å². The highest BCUT2D eigenvalue weighted by molar-refractivity contribution is 5.77. The highest BCUT2D eigenvalue weighted by atomic mass is 19.1. The summed E-state index contributed by atoms with van der Waals surface area (Å²) in [4.78, 5) is 14.8. The lowest BCUT2D eigenvalue weighted by atomic mass is 9.85. The summed E-state index contributed by atoms with van der Waals surface area (Å²) >= 11 is 0.